The lowest BCUT2D eigenvalue weighted by Gasteiger charge is -2.18. The molecule has 3 rings (SSSR count). The monoisotopic (exact) mass is 399 g/mol. The molecule has 0 bridgehead atoms. The highest BCUT2D eigenvalue weighted by Gasteiger charge is 2.32. The lowest BCUT2D eigenvalue weighted by molar-refractivity contribution is 0.135. The zero-order chi connectivity index (χ0) is 15.2. The van der Waals surface area contributed by atoms with Gasteiger partial charge in [-0.1, -0.05) is 12.1 Å². The number of benzene rings is 2. The molecule has 0 aromatic heterocycles. The van der Waals surface area contributed by atoms with Crippen LogP contribution in [0.5, 0.6) is 17.2 Å². The summed E-state index contributed by atoms with van der Waals surface area (Å²) < 4.78 is 25.9. The standard InChI is InChI=1S/C16H15FINO2/c1-16(2)8-9-4-3-5-13(15(9)21-16)20-14-6-10(17)11(18)7-12(14)19/h3-7H,8,19H2,1-2H3. The third-order valence-electron chi connectivity index (χ3n) is 3.33. The van der Waals surface area contributed by atoms with E-state index in [-0.39, 0.29) is 11.4 Å². The van der Waals surface area contributed by atoms with Crippen LogP contribution in [0, 0.1) is 9.39 Å². The van der Waals surface area contributed by atoms with Crippen molar-refractivity contribution in [3.05, 3.63) is 45.3 Å². The number of hydrogen-bond donors (Lipinski definition) is 1. The second-order valence-corrected chi connectivity index (χ2v) is 6.85. The average Bonchev–Trinajstić information content (AvgIpc) is 2.71. The fourth-order valence-corrected chi connectivity index (χ4v) is 2.91. The van der Waals surface area contributed by atoms with Crippen molar-refractivity contribution >= 4 is 28.3 Å². The van der Waals surface area contributed by atoms with Crippen LogP contribution in [0.2, 0.25) is 0 Å². The Balaban J connectivity index is 1.98. The molecule has 2 aromatic carbocycles. The van der Waals surface area contributed by atoms with Crippen molar-refractivity contribution in [1.82, 2.24) is 0 Å². The summed E-state index contributed by atoms with van der Waals surface area (Å²) in [5.41, 5.74) is 7.12. The van der Waals surface area contributed by atoms with Gasteiger partial charge in [-0.2, -0.15) is 0 Å². The zero-order valence-corrected chi connectivity index (χ0v) is 13.9. The van der Waals surface area contributed by atoms with Crippen molar-refractivity contribution in [2.75, 3.05) is 5.73 Å². The molecule has 21 heavy (non-hydrogen) atoms. The van der Waals surface area contributed by atoms with Gasteiger partial charge in [-0.15, -0.1) is 0 Å². The summed E-state index contributed by atoms with van der Waals surface area (Å²) in [6.45, 7) is 4.05. The number of nitrogen functional groups attached to an aromatic ring is 1. The lowest BCUT2D eigenvalue weighted by Crippen LogP contribution is -2.24. The molecule has 0 amide bonds. The summed E-state index contributed by atoms with van der Waals surface area (Å²) in [5, 5.41) is 0. The topological polar surface area (TPSA) is 44.5 Å². The molecule has 0 fully saturated rings. The smallest absolute Gasteiger partial charge is 0.169 e. The van der Waals surface area contributed by atoms with Crippen molar-refractivity contribution in [2.45, 2.75) is 25.9 Å². The molecule has 5 heteroatoms. The first-order chi connectivity index (χ1) is 9.85. The summed E-state index contributed by atoms with van der Waals surface area (Å²) in [6, 6.07) is 8.57. The third-order valence-corrected chi connectivity index (χ3v) is 4.15. The van der Waals surface area contributed by atoms with Gasteiger partial charge in [0.05, 0.1) is 9.26 Å². The Labute approximate surface area is 136 Å². The number of ether oxygens (including phenoxy) is 2. The van der Waals surface area contributed by atoms with Gasteiger partial charge < -0.3 is 15.2 Å². The Bertz CT molecular complexity index is 716. The number of rotatable bonds is 2. The molecule has 1 aliphatic heterocycles. The maximum Gasteiger partial charge on any atom is 0.169 e. The first kappa shape index (κ1) is 14.4. The number of fused-ring (bicyclic) bond motifs is 1. The Morgan fingerprint density at radius 3 is 2.81 bits per heavy atom. The Morgan fingerprint density at radius 1 is 1.29 bits per heavy atom. The van der Waals surface area contributed by atoms with E-state index >= 15 is 0 Å². The molecule has 0 saturated heterocycles. The van der Waals surface area contributed by atoms with E-state index in [2.05, 4.69) is 0 Å². The highest BCUT2D eigenvalue weighted by atomic mass is 127. The highest BCUT2D eigenvalue weighted by Crippen LogP contribution is 2.44. The predicted molar refractivity (Wildman–Crippen MR) is 88.5 cm³/mol. The van der Waals surface area contributed by atoms with Crippen LogP contribution in [-0.4, -0.2) is 5.60 Å². The SMILES string of the molecule is CC1(C)Cc2cccc(Oc3cc(F)c(I)cc3N)c2O1. The molecule has 0 atom stereocenters. The van der Waals surface area contributed by atoms with Gasteiger partial charge in [-0.25, -0.2) is 4.39 Å². The quantitative estimate of drug-likeness (QED) is 0.597. The molecular formula is C16H15FINO2. The normalized spacial score (nSPS) is 15.4. The van der Waals surface area contributed by atoms with Crippen molar-refractivity contribution in [1.29, 1.82) is 0 Å². The van der Waals surface area contributed by atoms with Gasteiger partial charge in [0.2, 0.25) is 0 Å². The molecule has 110 valence electrons. The molecule has 0 radical (unpaired) electrons. The summed E-state index contributed by atoms with van der Waals surface area (Å²) in [6.07, 6.45) is 0.816. The van der Waals surface area contributed by atoms with Gasteiger partial charge in [0.1, 0.15) is 11.4 Å². The van der Waals surface area contributed by atoms with E-state index in [4.69, 9.17) is 15.2 Å². The lowest BCUT2D eigenvalue weighted by atomic mass is 10.0. The first-order valence-electron chi connectivity index (χ1n) is 6.59. The van der Waals surface area contributed by atoms with Crippen LogP contribution in [0.3, 0.4) is 0 Å². The second kappa shape index (κ2) is 5.05. The molecule has 1 heterocycles. The fourth-order valence-electron chi connectivity index (χ4n) is 2.42. The maximum absolute atomic E-state index is 13.7. The predicted octanol–water partition coefficient (Wildman–Crippen LogP) is 4.52. The van der Waals surface area contributed by atoms with E-state index in [1.165, 1.54) is 6.07 Å². The van der Waals surface area contributed by atoms with Gasteiger partial charge in [0.25, 0.3) is 0 Å². The first-order valence-corrected chi connectivity index (χ1v) is 7.67. The average molecular weight is 399 g/mol. The van der Waals surface area contributed by atoms with E-state index in [0.717, 1.165) is 12.0 Å². The molecular weight excluding hydrogens is 384 g/mol. The molecule has 2 N–H and O–H groups in total. The molecule has 0 unspecified atom stereocenters. The minimum atomic E-state index is -0.353. The van der Waals surface area contributed by atoms with E-state index in [1.807, 2.05) is 48.6 Å². The van der Waals surface area contributed by atoms with Crippen LogP contribution >= 0.6 is 22.6 Å². The molecule has 3 nitrogen and oxygen atoms in total. The van der Waals surface area contributed by atoms with E-state index in [1.54, 1.807) is 12.1 Å². The zero-order valence-electron chi connectivity index (χ0n) is 11.7. The maximum atomic E-state index is 13.7. The number of para-hydroxylation sites is 1. The summed E-state index contributed by atoms with van der Waals surface area (Å²) in [4.78, 5) is 0. The van der Waals surface area contributed by atoms with Crippen molar-refractivity contribution in [3.8, 4) is 17.2 Å². The number of halogens is 2. The van der Waals surface area contributed by atoms with Gasteiger partial charge >= 0.3 is 0 Å². The molecule has 1 aliphatic rings. The van der Waals surface area contributed by atoms with Gasteiger partial charge in [0.15, 0.2) is 17.2 Å². The second-order valence-electron chi connectivity index (χ2n) is 5.69. The van der Waals surface area contributed by atoms with Crippen molar-refractivity contribution < 1.29 is 13.9 Å². The summed E-state index contributed by atoms with van der Waals surface area (Å²) in [7, 11) is 0. The van der Waals surface area contributed by atoms with Gasteiger partial charge in [-0.05, 0) is 48.6 Å². The van der Waals surface area contributed by atoms with Crippen molar-refractivity contribution in [3.63, 3.8) is 0 Å². The number of anilines is 1. The summed E-state index contributed by atoms with van der Waals surface area (Å²) in [5.74, 6) is 1.22. The minimum absolute atomic E-state index is 0.259. The van der Waals surface area contributed by atoms with Gasteiger partial charge in [-0.3, -0.25) is 0 Å². The molecule has 0 aliphatic carbocycles. The van der Waals surface area contributed by atoms with Crippen LogP contribution in [0.1, 0.15) is 19.4 Å². The van der Waals surface area contributed by atoms with E-state index in [9.17, 15) is 4.39 Å². The number of hydrogen-bond acceptors (Lipinski definition) is 3. The Hall–Kier alpha value is -1.50. The van der Waals surface area contributed by atoms with Crippen LogP contribution < -0.4 is 15.2 Å². The van der Waals surface area contributed by atoms with Crippen LogP contribution in [0.4, 0.5) is 10.1 Å². The van der Waals surface area contributed by atoms with Crippen LogP contribution in [0.15, 0.2) is 30.3 Å². The van der Waals surface area contributed by atoms with E-state index in [0.29, 0.717) is 26.5 Å². The van der Waals surface area contributed by atoms with E-state index < -0.39 is 0 Å². The van der Waals surface area contributed by atoms with Crippen LogP contribution in [-0.2, 0) is 6.42 Å². The third kappa shape index (κ3) is 2.79. The minimum Gasteiger partial charge on any atom is -0.483 e. The Kier molecular flexibility index (Phi) is 3.47. The Morgan fingerprint density at radius 2 is 2.05 bits per heavy atom. The fraction of sp³-hybridized carbons (Fsp3) is 0.250. The van der Waals surface area contributed by atoms with Crippen molar-refractivity contribution in [2.24, 2.45) is 0 Å². The molecule has 0 saturated carbocycles. The van der Waals surface area contributed by atoms with Gasteiger partial charge in [0, 0.05) is 18.1 Å². The van der Waals surface area contributed by atoms with Crippen LogP contribution in [0.25, 0.3) is 0 Å². The number of nitrogens with two attached hydrogens (primary N) is 1. The largest absolute Gasteiger partial charge is 0.483 e. The summed E-state index contributed by atoms with van der Waals surface area (Å²) >= 11 is 1.90. The highest BCUT2D eigenvalue weighted by molar-refractivity contribution is 14.1. The molecule has 2 aromatic rings. The molecule has 0 spiro atoms.